The number of halogens is 2. The summed E-state index contributed by atoms with van der Waals surface area (Å²) in [4.78, 5) is 23.2. The van der Waals surface area contributed by atoms with Crippen molar-refractivity contribution in [3.8, 4) is 5.69 Å². The SMILES string of the molecule is CC(C)(C)OC(=O)N1C[C@H]2CC[C@H](O2)[C@H]1c1ccc(-n2c(Cl)cc3c(Cl)ncnc32)cc1. The maximum absolute atomic E-state index is 13.0. The summed E-state index contributed by atoms with van der Waals surface area (Å²) in [5, 5.41) is 1.54. The number of amides is 1. The number of rotatable bonds is 2. The van der Waals surface area contributed by atoms with E-state index in [9.17, 15) is 4.79 Å². The van der Waals surface area contributed by atoms with Gasteiger partial charge in [0.2, 0.25) is 0 Å². The molecule has 3 aromatic rings. The molecule has 2 aliphatic heterocycles. The molecule has 0 N–H and O–H groups in total. The van der Waals surface area contributed by atoms with Gasteiger partial charge >= 0.3 is 6.09 Å². The number of ether oxygens (including phenoxy) is 2. The first-order valence-electron chi connectivity index (χ1n) is 10.6. The number of morpholine rings is 1. The lowest BCUT2D eigenvalue weighted by Crippen LogP contribution is -2.49. The molecule has 168 valence electrons. The topological polar surface area (TPSA) is 69.5 Å². The maximum Gasteiger partial charge on any atom is 0.410 e. The Balaban J connectivity index is 1.49. The molecule has 2 saturated heterocycles. The molecule has 0 saturated carbocycles. The van der Waals surface area contributed by atoms with Crippen LogP contribution in [0, 0.1) is 0 Å². The molecule has 2 bridgehead atoms. The van der Waals surface area contributed by atoms with Gasteiger partial charge in [0.05, 0.1) is 30.2 Å². The number of hydrogen-bond acceptors (Lipinski definition) is 5. The second-order valence-electron chi connectivity index (χ2n) is 9.25. The van der Waals surface area contributed by atoms with E-state index in [0.717, 1.165) is 24.1 Å². The number of hydrogen-bond donors (Lipinski definition) is 0. The molecule has 9 heteroatoms. The quantitative estimate of drug-likeness (QED) is 0.454. The van der Waals surface area contributed by atoms with Crippen molar-refractivity contribution < 1.29 is 14.3 Å². The first-order valence-corrected chi connectivity index (χ1v) is 11.4. The average molecular weight is 475 g/mol. The van der Waals surface area contributed by atoms with Crippen LogP contribution in [0.5, 0.6) is 0 Å². The van der Waals surface area contributed by atoms with Gasteiger partial charge in [-0.05, 0) is 57.4 Å². The predicted octanol–water partition coefficient (Wildman–Crippen LogP) is 5.57. The lowest BCUT2D eigenvalue weighted by atomic mass is 9.98. The molecule has 1 aromatic carbocycles. The predicted molar refractivity (Wildman–Crippen MR) is 122 cm³/mol. The summed E-state index contributed by atoms with van der Waals surface area (Å²) in [6.45, 7) is 6.17. The van der Waals surface area contributed by atoms with Gasteiger partial charge in [0.25, 0.3) is 0 Å². The van der Waals surface area contributed by atoms with E-state index in [1.54, 1.807) is 6.07 Å². The number of carbonyl (C=O) groups is 1. The van der Waals surface area contributed by atoms with E-state index in [2.05, 4.69) is 9.97 Å². The molecule has 0 aliphatic carbocycles. The van der Waals surface area contributed by atoms with E-state index in [1.807, 2.05) is 54.5 Å². The van der Waals surface area contributed by atoms with Crippen LogP contribution in [0.3, 0.4) is 0 Å². The van der Waals surface area contributed by atoms with Gasteiger partial charge in [-0.1, -0.05) is 35.3 Å². The Kier molecular flexibility index (Phi) is 5.31. The fourth-order valence-electron chi connectivity index (χ4n) is 4.56. The smallest absolute Gasteiger partial charge is 0.410 e. The first kappa shape index (κ1) is 21.5. The standard InChI is InChI=1S/C23H24Cl2N4O3/c1-23(2,3)32-22(30)28-11-15-8-9-17(31-15)19(28)13-4-6-14(7-5-13)29-18(24)10-16-20(25)26-12-27-21(16)29/h4-7,10,12,15,17,19H,8-9,11H2,1-3H3/t15-,17+,19-/m1/s1. The van der Waals surface area contributed by atoms with Crippen LogP contribution in [0.25, 0.3) is 16.7 Å². The number of likely N-dealkylation sites (tertiary alicyclic amines) is 1. The van der Waals surface area contributed by atoms with Crippen molar-refractivity contribution in [1.29, 1.82) is 0 Å². The highest BCUT2D eigenvalue weighted by molar-refractivity contribution is 6.36. The molecule has 0 spiro atoms. The summed E-state index contributed by atoms with van der Waals surface area (Å²) in [5.41, 5.74) is 1.91. The van der Waals surface area contributed by atoms with E-state index in [4.69, 9.17) is 32.7 Å². The number of fused-ring (bicyclic) bond motifs is 3. The lowest BCUT2D eigenvalue weighted by molar-refractivity contribution is -0.0823. The summed E-state index contributed by atoms with van der Waals surface area (Å²) in [5.74, 6) is 0. The van der Waals surface area contributed by atoms with E-state index < -0.39 is 5.60 Å². The van der Waals surface area contributed by atoms with Gasteiger partial charge < -0.3 is 9.47 Å². The van der Waals surface area contributed by atoms with Crippen LogP contribution in [-0.2, 0) is 9.47 Å². The fraction of sp³-hybridized carbons (Fsp3) is 0.435. The molecule has 2 fully saturated rings. The molecule has 5 rings (SSSR count). The van der Waals surface area contributed by atoms with Crippen LogP contribution >= 0.6 is 23.2 Å². The second kappa shape index (κ2) is 7.90. The van der Waals surface area contributed by atoms with E-state index in [1.165, 1.54) is 6.33 Å². The number of carbonyl (C=O) groups excluding carboxylic acids is 1. The summed E-state index contributed by atoms with van der Waals surface area (Å²) >= 11 is 12.7. The Morgan fingerprint density at radius 3 is 2.62 bits per heavy atom. The molecule has 7 nitrogen and oxygen atoms in total. The second-order valence-corrected chi connectivity index (χ2v) is 9.99. The zero-order valence-corrected chi connectivity index (χ0v) is 19.6. The third-order valence-electron chi connectivity index (χ3n) is 5.85. The van der Waals surface area contributed by atoms with E-state index in [-0.39, 0.29) is 24.3 Å². The van der Waals surface area contributed by atoms with Crippen LogP contribution < -0.4 is 0 Å². The Labute approximate surface area is 196 Å². The number of aromatic nitrogens is 3. The van der Waals surface area contributed by atoms with Crippen LogP contribution in [0.2, 0.25) is 10.3 Å². The molecule has 2 aliphatic rings. The monoisotopic (exact) mass is 474 g/mol. The molecule has 3 atom stereocenters. The fourth-order valence-corrected chi connectivity index (χ4v) is 5.03. The zero-order valence-electron chi connectivity index (χ0n) is 18.1. The number of benzene rings is 1. The van der Waals surface area contributed by atoms with Gasteiger partial charge in [-0.25, -0.2) is 14.8 Å². The third-order valence-corrected chi connectivity index (χ3v) is 6.43. The summed E-state index contributed by atoms with van der Waals surface area (Å²) in [7, 11) is 0. The Morgan fingerprint density at radius 2 is 1.91 bits per heavy atom. The van der Waals surface area contributed by atoms with Gasteiger partial charge in [0, 0.05) is 5.69 Å². The van der Waals surface area contributed by atoms with Gasteiger partial charge in [0.1, 0.15) is 22.2 Å². The van der Waals surface area contributed by atoms with Crippen LogP contribution in [0.15, 0.2) is 36.7 Å². The summed E-state index contributed by atoms with van der Waals surface area (Å²) < 4.78 is 13.7. The highest BCUT2D eigenvalue weighted by Crippen LogP contribution is 2.41. The van der Waals surface area contributed by atoms with E-state index >= 15 is 0 Å². The highest BCUT2D eigenvalue weighted by Gasteiger charge is 2.45. The Hall–Kier alpha value is -2.35. The molecule has 4 heterocycles. The minimum atomic E-state index is -0.557. The van der Waals surface area contributed by atoms with Crippen molar-refractivity contribution in [3.63, 3.8) is 0 Å². The van der Waals surface area contributed by atoms with Crippen LogP contribution in [0.4, 0.5) is 4.79 Å². The average Bonchev–Trinajstić information content (AvgIpc) is 3.27. The Morgan fingerprint density at radius 1 is 1.16 bits per heavy atom. The van der Waals surface area contributed by atoms with E-state index in [0.29, 0.717) is 27.9 Å². The Bertz CT molecular complexity index is 1170. The highest BCUT2D eigenvalue weighted by atomic mass is 35.5. The van der Waals surface area contributed by atoms with Crippen molar-refractivity contribution in [2.24, 2.45) is 0 Å². The molecule has 1 amide bonds. The molecule has 0 radical (unpaired) electrons. The maximum atomic E-state index is 13.0. The summed E-state index contributed by atoms with van der Waals surface area (Å²) in [6.07, 6.45) is 2.99. The third kappa shape index (κ3) is 3.83. The van der Waals surface area contributed by atoms with Crippen LogP contribution in [-0.4, -0.2) is 49.9 Å². The van der Waals surface area contributed by atoms with Crippen LogP contribution in [0.1, 0.15) is 45.2 Å². The molecular weight excluding hydrogens is 451 g/mol. The minimum absolute atomic E-state index is 0.0466. The molecular formula is C23H24Cl2N4O3. The minimum Gasteiger partial charge on any atom is -0.444 e. The van der Waals surface area contributed by atoms with Gasteiger partial charge in [0.15, 0.2) is 5.65 Å². The molecule has 2 aromatic heterocycles. The van der Waals surface area contributed by atoms with Gasteiger partial charge in [-0.3, -0.25) is 9.47 Å². The molecule has 0 unspecified atom stereocenters. The normalized spacial score (nSPS) is 23.0. The van der Waals surface area contributed by atoms with Crippen molar-refractivity contribution in [3.05, 3.63) is 52.5 Å². The first-order chi connectivity index (χ1) is 15.2. The van der Waals surface area contributed by atoms with Crippen molar-refractivity contribution >= 4 is 40.3 Å². The zero-order chi connectivity index (χ0) is 22.6. The molecule has 32 heavy (non-hydrogen) atoms. The van der Waals surface area contributed by atoms with Gasteiger partial charge in [-0.2, -0.15) is 0 Å². The summed E-state index contributed by atoms with van der Waals surface area (Å²) in [6, 6.07) is 9.49. The van der Waals surface area contributed by atoms with Crippen molar-refractivity contribution in [1.82, 2.24) is 19.4 Å². The van der Waals surface area contributed by atoms with Gasteiger partial charge in [-0.15, -0.1) is 0 Å². The van der Waals surface area contributed by atoms with Crippen molar-refractivity contribution in [2.45, 2.75) is 57.5 Å². The van der Waals surface area contributed by atoms with Crippen molar-refractivity contribution in [2.75, 3.05) is 6.54 Å². The number of nitrogens with zero attached hydrogens (tertiary/aromatic N) is 4. The largest absolute Gasteiger partial charge is 0.444 e. The lowest BCUT2D eigenvalue weighted by Gasteiger charge is -2.41.